The Morgan fingerprint density at radius 2 is 2.33 bits per heavy atom. The monoisotopic (exact) mass is 245 g/mol. The average molecular weight is 245 g/mol. The summed E-state index contributed by atoms with van der Waals surface area (Å²) >= 11 is 0. The van der Waals surface area contributed by atoms with Crippen LogP contribution in [0.1, 0.15) is 36.3 Å². The zero-order valence-corrected chi connectivity index (χ0v) is 11.0. The maximum absolute atomic E-state index is 11.3. The predicted molar refractivity (Wildman–Crippen MR) is 69.4 cm³/mol. The molecule has 0 radical (unpaired) electrons. The van der Waals surface area contributed by atoms with E-state index in [1.807, 2.05) is 0 Å². The van der Waals surface area contributed by atoms with Crippen LogP contribution in [0.25, 0.3) is 0 Å². The molecule has 2 aliphatic heterocycles. The van der Waals surface area contributed by atoms with Gasteiger partial charge in [0.15, 0.2) is 0 Å². The maximum Gasteiger partial charge on any atom is 0.137 e. The number of nitrogens with zero attached hydrogens (tertiary/aromatic N) is 1. The zero-order valence-electron chi connectivity index (χ0n) is 11.0. The van der Waals surface area contributed by atoms with Crippen molar-refractivity contribution in [2.45, 2.75) is 39.0 Å². The molecule has 18 heavy (non-hydrogen) atoms. The molecule has 1 aromatic carbocycles. The molecule has 0 unspecified atom stereocenters. The molecule has 0 saturated carbocycles. The van der Waals surface area contributed by atoms with Crippen LogP contribution in [0.5, 0.6) is 0 Å². The van der Waals surface area contributed by atoms with Crippen molar-refractivity contribution in [2.75, 3.05) is 13.2 Å². The summed E-state index contributed by atoms with van der Waals surface area (Å²) in [7, 11) is 0. The standard InChI is InChI=1S/C15H19NO2/c1-10-3-4-12-5-6-16-13(8-11(2)17)9-18-15(16)14(12)7-10/h3-4,7,13,15H,5-6,8-9H2,1-2H3/t13-,15+/m1/s1. The van der Waals surface area contributed by atoms with Gasteiger partial charge in [-0.2, -0.15) is 0 Å². The van der Waals surface area contributed by atoms with Crippen molar-refractivity contribution in [3.63, 3.8) is 0 Å². The van der Waals surface area contributed by atoms with E-state index in [1.165, 1.54) is 16.7 Å². The average Bonchev–Trinajstić information content (AvgIpc) is 2.72. The number of benzene rings is 1. The van der Waals surface area contributed by atoms with Crippen LogP contribution in [-0.2, 0) is 16.0 Å². The van der Waals surface area contributed by atoms with E-state index in [0.29, 0.717) is 13.0 Å². The Hall–Kier alpha value is -1.19. The van der Waals surface area contributed by atoms with Crippen LogP contribution in [0.15, 0.2) is 18.2 Å². The third-order valence-electron chi connectivity index (χ3n) is 3.95. The van der Waals surface area contributed by atoms with Gasteiger partial charge in [0.05, 0.1) is 6.61 Å². The topological polar surface area (TPSA) is 29.5 Å². The van der Waals surface area contributed by atoms with Crippen molar-refractivity contribution in [1.29, 1.82) is 0 Å². The van der Waals surface area contributed by atoms with E-state index < -0.39 is 0 Å². The van der Waals surface area contributed by atoms with Crippen molar-refractivity contribution >= 4 is 5.78 Å². The van der Waals surface area contributed by atoms with Gasteiger partial charge < -0.3 is 4.74 Å². The SMILES string of the molecule is CC(=O)C[C@@H]1CO[C@H]2c3cc(C)ccc3CCN12. The number of fused-ring (bicyclic) bond motifs is 3. The Balaban J connectivity index is 1.88. The van der Waals surface area contributed by atoms with Crippen molar-refractivity contribution in [3.8, 4) is 0 Å². The molecule has 2 heterocycles. The van der Waals surface area contributed by atoms with Crippen molar-refractivity contribution < 1.29 is 9.53 Å². The lowest BCUT2D eigenvalue weighted by molar-refractivity contribution is -0.118. The lowest BCUT2D eigenvalue weighted by Gasteiger charge is -2.33. The predicted octanol–water partition coefficient (Wildman–Crippen LogP) is 2.23. The molecular weight excluding hydrogens is 226 g/mol. The van der Waals surface area contributed by atoms with Crippen LogP contribution in [0, 0.1) is 6.92 Å². The first-order chi connectivity index (χ1) is 8.65. The Morgan fingerprint density at radius 3 is 3.11 bits per heavy atom. The molecular formula is C15H19NO2. The number of aryl methyl sites for hydroxylation is 1. The van der Waals surface area contributed by atoms with Gasteiger partial charge in [-0.15, -0.1) is 0 Å². The molecule has 0 aromatic heterocycles. The summed E-state index contributed by atoms with van der Waals surface area (Å²) in [6.45, 7) is 5.45. The molecule has 0 N–H and O–H groups in total. The number of Topliss-reactive ketones (excluding diaryl/α,β-unsaturated/α-hetero) is 1. The minimum absolute atomic E-state index is 0.0676. The van der Waals surface area contributed by atoms with Crippen molar-refractivity contribution in [3.05, 3.63) is 34.9 Å². The molecule has 2 atom stereocenters. The number of ketones is 1. The van der Waals surface area contributed by atoms with Gasteiger partial charge in [0.1, 0.15) is 12.0 Å². The van der Waals surface area contributed by atoms with Gasteiger partial charge in [0.2, 0.25) is 0 Å². The summed E-state index contributed by atoms with van der Waals surface area (Å²) in [5, 5.41) is 0. The smallest absolute Gasteiger partial charge is 0.137 e. The van der Waals surface area contributed by atoms with Crippen LogP contribution in [0.3, 0.4) is 0 Å². The van der Waals surface area contributed by atoms with E-state index in [9.17, 15) is 4.79 Å². The summed E-state index contributed by atoms with van der Waals surface area (Å²) in [4.78, 5) is 13.6. The van der Waals surface area contributed by atoms with E-state index in [2.05, 4.69) is 30.0 Å². The number of hydrogen-bond donors (Lipinski definition) is 0. The molecule has 0 amide bonds. The summed E-state index contributed by atoms with van der Waals surface area (Å²) in [6.07, 6.45) is 1.74. The number of ether oxygens (including phenoxy) is 1. The van der Waals surface area contributed by atoms with Gasteiger partial charge in [0, 0.05) is 19.0 Å². The van der Waals surface area contributed by atoms with E-state index in [-0.39, 0.29) is 18.1 Å². The fraction of sp³-hybridized carbons (Fsp3) is 0.533. The normalized spacial score (nSPS) is 26.8. The van der Waals surface area contributed by atoms with E-state index in [0.717, 1.165) is 13.0 Å². The molecule has 0 spiro atoms. The van der Waals surface area contributed by atoms with Gasteiger partial charge in [-0.05, 0) is 31.4 Å². The molecule has 3 rings (SSSR count). The Kier molecular flexibility index (Phi) is 2.96. The van der Waals surface area contributed by atoms with Crippen molar-refractivity contribution in [2.24, 2.45) is 0 Å². The fourth-order valence-electron chi connectivity index (χ4n) is 3.08. The quantitative estimate of drug-likeness (QED) is 0.800. The summed E-state index contributed by atoms with van der Waals surface area (Å²) in [6, 6.07) is 6.86. The highest BCUT2D eigenvalue weighted by Crippen LogP contribution is 2.37. The largest absolute Gasteiger partial charge is 0.357 e. The molecule has 1 saturated heterocycles. The van der Waals surface area contributed by atoms with Gasteiger partial charge in [-0.25, -0.2) is 0 Å². The molecule has 3 heteroatoms. The van der Waals surface area contributed by atoms with E-state index in [4.69, 9.17) is 4.74 Å². The summed E-state index contributed by atoms with van der Waals surface area (Å²) < 4.78 is 5.93. The maximum atomic E-state index is 11.3. The van der Waals surface area contributed by atoms with E-state index in [1.54, 1.807) is 6.92 Å². The molecule has 2 aliphatic rings. The molecule has 1 fully saturated rings. The number of rotatable bonds is 2. The highest BCUT2D eigenvalue weighted by Gasteiger charge is 2.39. The van der Waals surface area contributed by atoms with Crippen LogP contribution >= 0.6 is 0 Å². The minimum Gasteiger partial charge on any atom is -0.357 e. The third-order valence-corrected chi connectivity index (χ3v) is 3.95. The van der Waals surface area contributed by atoms with Crippen LogP contribution in [-0.4, -0.2) is 29.9 Å². The first-order valence-electron chi connectivity index (χ1n) is 6.61. The van der Waals surface area contributed by atoms with E-state index >= 15 is 0 Å². The first-order valence-corrected chi connectivity index (χ1v) is 6.61. The Bertz CT molecular complexity index is 483. The van der Waals surface area contributed by atoms with Crippen LogP contribution < -0.4 is 0 Å². The van der Waals surface area contributed by atoms with Gasteiger partial charge >= 0.3 is 0 Å². The molecule has 1 aromatic rings. The zero-order chi connectivity index (χ0) is 12.7. The fourth-order valence-corrected chi connectivity index (χ4v) is 3.08. The lowest BCUT2D eigenvalue weighted by atomic mass is 9.95. The molecule has 96 valence electrons. The molecule has 0 bridgehead atoms. The highest BCUT2D eigenvalue weighted by molar-refractivity contribution is 5.76. The summed E-state index contributed by atoms with van der Waals surface area (Å²) in [5.74, 6) is 0.249. The first kappa shape index (κ1) is 11.9. The Morgan fingerprint density at radius 1 is 1.50 bits per heavy atom. The second-order valence-electron chi connectivity index (χ2n) is 5.44. The van der Waals surface area contributed by atoms with Crippen LogP contribution in [0.2, 0.25) is 0 Å². The minimum atomic E-state index is 0.0676. The second-order valence-corrected chi connectivity index (χ2v) is 5.44. The van der Waals surface area contributed by atoms with Crippen molar-refractivity contribution in [1.82, 2.24) is 4.90 Å². The third kappa shape index (κ3) is 1.98. The Labute approximate surface area is 108 Å². The number of hydrogen-bond acceptors (Lipinski definition) is 3. The summed E-state index contributed by atoms with van der Waals surface area (Å²) in [5.41, 5.74) is 3.96. The highest BCUT2D eigenvalue weighted by atomic mass is 16.5. The van der Waals surface area contributed by atoms with Gasteiger partial charge in [0.25, 0.3) is 0 Å². The molecule has 3 nitrogen and oxygen atoms in total. The number of carbonyl (C=O) groups excluding carboxylic acids is 1. The second kappa shape index (κ2) is 4.48. The lowest BCUT2D eigenvalue weighted by Crippen LogP contribution is -2.38. The molecule has 0 aliphatic carbocycles. The van der Waals surface area contributed by atoms with Gasteiger partial charge in [-0.1, -0.05) is 23.8 Å². The van der Waals surface area contributed by atoms with Crippen LogP contribution in [0.4, 0.5) is 0 Å². The number of carbonyl (C=O) groups is 1. The van der Waals surface area contributed by atoms with Gasteiger partial charge in [-0.3, -0.25) is 9.69 Å².